The molecule has 1 amide bonds. The third-order valence-electron chi connectivity index (χ3n) is 3.70. The van der Waals surface area contributed by atoms with E-state index in [4.69, 9.17) is 0 Å². The number of carbonyl (C=O) groups excluding carboxylic acids is 1. The largest absolute Gasteiger partial charge is 0.384 e. The van der Waals surface area contributed by atoms with Gasteiger partial charge in [-0.3, -0.25) is 9.48 Å². The Bertz CT molecular complexity index is 635. The molecule has 0 aliphatic heterocycles. The molecule has 6 nitrogen and oxygen atoms in total. The summed E-state index contributed by atoms with van der Waals surface area (Å²) in [5.74, 6) is 0.231. The van der Waals surface area contributed by atoms with Crippen molar-refractivity contribution >= 4 is 5.91 Å². The van der Waals surface area contributed by atoms with Gasteiger partial charge in [-0.05, 0) is 24.8 Å². The molecule has 1 aromatic heterocycles. The predicted molar refractivity (Wildman–Crippen MR) is 87.8 cm³/mol. The standard InChI is InChI=1S/C17H24N4O2/c1-13(2)9-10-21-11-15(19-20-21)16(22)18-12-17(3,23)14-7-5-4-6-8-14/h4-8,11,13,23H,9-10,12H2,1-3H3,(H,18,22). The summed E-state index contributed by atoms with van der Waals surface area (Å²) < 4.78 is 1.67. The van der Waals surface area contributed by atoms with Crippen molar-refractivity contribution in [3.05, 3.63) is 47.8 Å². The van der Waals surface area contributed by atoms with E-state index in [1.807, 2.05) is 30.3 Å². The van der Waals surface area contributed by atoms with Gasteiger partial charge in [0.05, 0.1) is 12.7 Å². The minimum absolute atomic E-state index is 0.106. The van der Waals surface area contributed by atoms with Crippen molar-refractivity contribution in [1.82, 2.24) is 20.3 Å². The van der Waals surface area contributed by atoms with Crippen LogP contribution < -0.4 is 5.32 Å². The Morgan fingerprint density at radius 3 is 2.70 bits per heavy atom. The molecule has 1 unspecified atom stereocenters. The summed E-state index contributed by atoms with van der Waals surface area (Å²) in [6.45, 7) is 6.78. The first-order valence-corrected chi connectivity index (χ1v) is 7.85. The lowest BCUT2D eigenvalue weighted by atomic mass is 9.96. The van der Waals surface area contributed by atoms with Crippen molar-refractivity contribution < 1.29 is 9.90 Å². The molecule has 6 heteroatoms. The minimum Gasteiger partial charge on any atom is -0.384 e. The first kappa shape index (κ1) is 17.1. The number of nitrogens with zero attached hydrogens (tertiary/aromatic N) is 3. The lowest BCUT2D eigenvalue weighted by Crippen LogP contribution is -2.38. The molecule has 0 fully saturated rings. The number of hydrogen-bond donors (Lipinski definition) is 2. The van der Waals surface area contributed by atoms with Crippen molar-refractivity contribution in [1.29, 1.82) is 0 Å². The highest BCUT2D eigenvalue weighted by Gasteiger charge is 2.24. The van der Waals surface area contributed by atoms with Gasteiger partial charge < -0.3 is 10.4 Å². The van der Waals surface area contributed by atoms with Gasteiger partial charge in [0.15, 0.2) is 5.69 Å². The number of hydrogen-bond acceptors (Lipinski definition) is 4. The van der Waals surface area contributed by atoms with Crippen molar-refractivity contribution in [2.45, 2.75) is 39.3 Å². The normalized spacial score (nSPS) is 13.8. The van der Waals surface area contributed by atoms with E-state index in [9.17, 15) is 9.90 Å². The van der Waals surface area contributed by atoms with Crippen LogP contribution in [-0.2, 0) is 12.1 Å². The van der Waals surface area contributed by atoms with Gasteiger partial charge in [-0.2, -0.15) is 0 Å². The van der Waals surface area contributed by atoms with E-state index >= 15 is 0 Å². The number of benzene rings is 1. The zero-order valence-corrected chi connectivity index (χ0v) is 13.9. The topological polar surface area (TPSA) is 80.0 Å². The molecule has 0 saturated heterocycles. The molecule has 2 rings (SSSR count). The molecule has 2 N–H and O–H groups in total. The molecule has 23 heavy (non-hydrogen) atoms. The van der Waals surface area contributed by atoms with Gasteiger partial charge in [0.2, 0.25) is 0 Å². The zero-order chi connectivity index (χ0) is 16.9. The summed E-state index contributed by atoms with van der Waals surface area (Å²) in [6.07, 6.45) is 2.61. The second-order valence-electron chi connectivity index (χ2n) is 6.37. The molecule has 2 aromatic rings. The van der Waals surface area contributed by atoms with Crippen molar-refractivity contribution in [3.8, 4) is 0 Å². The third kappa shape index (κ3) is 4.89. The molecule has 1 atom stereocenters. The number of amides is 1. The molecule has 0 bridgehead atoms. The van der Waals surface area contributed by atoms with E-state index in [0.717, 1.165) is 18.5 Å². The maximum absolute atomic E-state index is 12.1. The van der Waals surface area contributed by atoms with Crippen LogP contribution in [0.5, 0.6) is 0 Å². The Morgan fingerprint density at radius 1 is 1.35 bits per heavy atom. The Labute approximate surface area is 136 Å². The van der Waals surface area contributed by atoms with Crippen molar-refractivity contribution in [2.24, 2.45) is 5.92 Å². The van der Waals surface area contributed by atoms with Gasteiger partial charge in [0, 0.05) is 6.54 Å². The fourth-order valence-corrected chi connectivity index (χ4v) is 2.14. The van der Waals surface area contributed by atoms with E-state index in [1.54, 1.807) is 17.8 Å². The van der Waals surface area contributed by atoms with E-state index in [2.05, 4.69) is 29.5 Å². The fraction of sp³-hybridized carbons (Fsp3) is 0.471. The van der Waals surface area contributed by atoms with Gasteiger partial charge in [0.25, 0.3) is 5.91 Å². The lowest BCUT2D eigenvalue weighted by molar-refractivity contribution is 0.0525. The highest BCUT2D eigenvalue weighted by molar-refractivity contribution is 5.91. The Hall–Kier alpha value is -2.21. The molecule has 1 heterocycles. The summed E-state index contributed by atoms with van der Waals surface area (Å²) in [6, 6.07) is 9.24. The summed E-state index contributed by atoms with van der Waals surface area (Å²) >= 11 is 0. The molecule has 0 radical (unpaired) electrons. The number of rotatable bonds is 7. The minimum atomic E-state index is -1.13. The molecular formula is C17H24N4O2. The van der Waals surface area contributed by atoms with E-state index in [-0.39, 0.29) is 18.1 Å². The van der Waals surface area contributed by atoms with Gasteiger partial charge in [-0.25, -0.2) is 0 Å². The highest BCUT2D eigenvalue weighted by Crippen LogP contribution is 2.19. The SMILES string of the molecule is CC(C)CCn1cc(C(=O)NCC(C)(O)c2ccccc2)nn1. The summed E-state index contributed by atoms with van der Waals surface area (Å²) in [5, 5.41) is 21.0. The molecule has 0 spiro atoms. The highest BCUT2D eigenvalue weighted by atomic mass is 16.3. The van der Waals surface area contributed by atoms with Crippen LogP contribution in [0.2, 0.25) is 0 Å². The van der Waals surface area contributed by atoms with E-state index in [1.165, 1.54) is 0 Å². The van der Waals surface area contributed by atoms with E-state index in [0.29, 0.717) is 5.92 Å². The zero-order valence-electron chi connectivity index (χ0n) is 13.9. The first-order chi connectivity index (χ1) is 10.9. The summed E-state index contributed by atoms with van der Waals surface area (Å²) in [5.41, 5.74) is -0.122. The number of carbonyl (C=O) groups is 1. The molecule has 1 aromatic carbocycles. The smallest absolute Gasteiger partial charge is 0.273 e. The fourth-order valence-electron chi connectivity index (χ4n) is 2.14. The van der Waals surface area contributed by atoms with Crippen LogP contribution in [0.3, 0.4) is 0 Å². The quantitative estimate of drug-likeness (QED) is 0.818. The Kier molecular flexibility index (Phi) is 5.50. The third-order valence-corrected chi connectivity index (χ3v) is 3.70. The second kappa shape index (κ2) is 7.37. The summed E-state index contributed by atoms with van der Waals surface area (Å²) in [7, 11) is 0. The second-order valence-corrected chi connectivity index (χ2v) is 6.37. The van der Waals surface area contributed by atoms with Crippen molar-refractivity contribution in [2.75, 3.05) is 6.54 Å². The average Bonchev–Trinajstić information content (AvgIpc) is 3.00. The summed E-state index contributed by atoms with van der Waals surface area (Å²) in [4.78, 5) is 12.1. The number of aromatic nitrogens is 3. The van der Waals surface area contributed by atoms with Gasteiger partial charge in [-0.1, -0.05) is 49.4 Å². The maximum atomic E-state index is 12.1. The lowest BCUT2D eigenvalue weighted by Gasteiger charge is -2.23. The molecule has 0 aliphatic carbocycles. The molecular weight excluding hydrogens is 292 g/mol. The number of aryl methyl sites for hydroxylation is 1. The Balaban J connectivity index is 1.92. The maximum Gasteiger partial charge on any atom is 0.273 e. The molecule has 124 valence electrons. The number of nitrogens with one attached hydrogen (secondary N) is 1. The van der Waals surface area contributed by atoms with Gasteiger partial charge >= 0.3 is 0 Å². The molecule has 0 saturated carbocycles. The van der Waals surface area contributed by atoms with Crippen LogP contribution in [0, 0.1) is 5.92 Å². The van der Waals surface area contributed by atoms with Gasteiger partial charge in [-0.15, -0.1) is 5.10 Å². The van der Waals surface area contributed by atoms with Crippen LogP contribution in [-0.4, -0.2) is 32.6 Å². The van der Waals surface area contributed by atoms with Crippen molar-refractivity contribution in [3.63, 3.8) is 0 Å². The average molecular weight is 316 g/mol. The van der Waals surface area contributed by atoms with Gasteiger partial charge in [0.1, 0.15) is 5.60 Å². The van der Waals surface area contributed by atoms with E-state index < -0.39 is 5.60 Å². The van der Waals surface area contributed by atoms with Crippen LogP contribution in [0.1, 0.15) is 43.2 Å². The number of aliphatic hydroxyl groups is 1. The Morgan fingerprint density at radius 2 is 2.04 bits per heavy atom. The van der Waals surface area contributed by atoms with Crippen LogP contribution >= 0.6 is 0 Å². The monoisotopic (exact) mass is 316 g/mol. The van der Waals surface area contributed by atoms with Crippen LogP contribution in [0.15, 0.2) is 36.5 Å². The first-order valence-electron chi connectivity index (χ1n) is 7.85. The van der Waals surface area contributed by atoms with Crippen LogP contribution in [0.25, 0.3) is 0 Å². The predicted octanol–water partition coefficient (Wildman–Crippen LogP) is 1.96. The van der Waals surface area contributed by atoms with Crippen LogP contribution in [0.4, 0.5) is 0 Å². The molecule has 0 aliphatic rings.